The monoisotopic (exact) mass is 506 g/mol. The lowest BCUT2D eigenvalue weighted by atomic mass is 10.00. The zero-order valence-electron chi connectivity index (χ0n) is 19.1. The number of benzene rings is 1. The highest BCUT2D eigenvalue weighted by Gasteiger charge is 2.41. The van der Waals surface area contributed by atoms with Gasteiger partial charge < -0.3 is 15.0 Å². The molecule has 1 aliphatic rings. The molecule has 3 rings (SSSR count). The summed E-state index contributed by atoms with van der Waals surface area (Å²) in [6.07, 6.45) is -5.23. The molecule has 1 unspecified atom stereocenters. The minimum absolute atomic E-state index is 0.0533. The number of alkyl halides is 3. The Balaban J connectivity index is 1.69. The van der Waals surface area contributed by atoms with Crippen LogP contribution in [0.1, 0.15) is 44.5 Å². The lowest BCUT2D eigenvalue weighted by Gasteiger charge is -2.40. The first kappa shape index (κ1) is 26.4. The van der Waals surface area contributed by atoms with Crippen LogP contribution in [0.5, 0.6) is 0 Å². The summed E-state index contributed by atoms with van der Waals surface area (Å²) < 4.78 is 86.3. The quantitative estimate of drug-likeness (QED) is 0.470. The fraction of sp³-hybridized carbons (Fsp3) is 0.500. The molecule has 35 heavy (non-hydrogen) atoms. The Bertz CT molecular complexity index is 1090. The molecule has 192 valence electrons. The largest absolute Gasteiger partial charge is 0.444 e. The van der Waals surface area contributed by atoms with E-state index in [1.165, 1.54) is 4.90 Å². The number of rotatable bonds is 6. The molecule has 0 spiro atoms. The van der Waals surface area contributed by atoms with Gasteiger partial charge in [-0.1, -0.05) is 0 Å². The molecule has 0 saturated carbocycles. The van der Waals surface area contributed by atoms with E-state index in [4.69, 9.17) is 4.74 Å². The number of aromatic nitrogens is 2. The van der Waals surface area contributed by atoms with Crippen molar-refractivity contribution in [2.24, 2.45) is 0 Å². The van der Waals surface area contributed by atoms with Gasteiger partial charge in [-0.3, -0.25) is 9.48 Å². The van der Waals surface area contributed by atoms with E-state index < -0.39 is 59.0 Å². The van der Waals surface area contributed by atoms with Crippen LogP contribution in [0, 0.1) is 17.5 Å². The van der Waals surface area contributed by atoms with Crippen LogP contribution in [-0.4, -0.2) is 51.4 Å². The minimum atomic E-state index is -4.60. The Labute approximate surface area is 197 Å². The third kappa shape index (κ3) is 6.67. The van der Waals surface area contributed by atoms with Gasteiger partial charge in [0.2, 0.25) is 5.91 Å². The number of likely N-dealkylation sites (tertiary alicyclic amines) is 1. The number of alkyl carbamates (subject to hydrolysis) is 1. The van der Waals surface area contributed by atoms with E-state index >= 15 is 0 Å². The average molecular weight is 506 g/mol. The van der Waals surface area contributed by atoms with E-state index in [2.05, 4.69) is 10.4 Å². The average Bonchev–Trinajstić information content (AvgIpc) is 3.13. The van der Waals surface area contributed by atoms with Gasteiger partial charge in [0.15, 0.2) is 11.6 Å². The Hall–Kier alpha value is -3.25. The number of nitrogens with one attached hydrogen (secondary N) is 1. The van der Waals surface area contributed by atoms with Crippen molar-refractivity contribution in [3.05, 3.63) is 53.1 Å². The maximum Gasteiger partial charge on any atom is 0.433 e. The Morgan fingerprint density at radius 3 is 2.34 bits per heavy atom. The molecule has 0 radical (unpaired) electrons. The number of halogens is 6. The number of nitrogens with zero attached hydrogens (tertiary/aromatic N) is 3. The third-order valence-electron chi connectivity index (χ3n) is 5.22. The van der Waals surface area contributed by atoms with Crippen molar-refractivity contribution in [2.45, 2.75) is 57.5 Å². The van der Waals surface area contributed by atoms with Gasteiger partial charge in [-0.25, -0.2) is 18.0 Å². The molecule has 13 heteroatoms. The summed E-state index contributed by atoms with van der Waals surface area (Å²) in [5.74, 6) is -4.28. The number of amides is 2. The first-order valence-electron chi connectivity index (χ1n) is 10.7. The van der Waals surface area contributed by atoms with E-state index in [-0.39, 0.29) is 31.5 Å². The van der Waals surface area contributed by atoms with E-state index in [0.29, 0.717) is 12.1 Å². The predicted molar refractivity (Wildman–Crippen MR) is 111 cm³/mol. The lowest BCUT2D eigenvalue weighted by Crippen LogP contribution is -2.53. The number of carbonyl (C=O) groups is 2. The van der Waals surface area contributed by atoms with Gasteiger partial charge in [0.1, 0.15) is 17.1 Å². The van der Waals surface area contributed by atoms with Crippen LogP contribution in [0.25, 0.3) is 0 Å². The van der Waals surface area contributed by atoms with Gasteiger partial charge in [0, 0.05) is 37.8 Å². The molecule has 1 atom stereocenters. The van der Waals surface area contributed by atoms with Crippen molar-refractivity contribution in [2.75, 3.05) is 13.1 Å². The first-order chi connectivity index (χ1) is 16.1. The van der Waals surface area contributed by atoms with Gasteiger partial charge in [0.25, 0.3) is 0 Å². The molecule has 0 bridgehead atoms. The molecule has 2 amide bonds. The van der Waals surface area contributed by atoms with Crippen LogP contribution < -0.4 is 5.32 Å². The topological polar surface area (TPSA) is 76.5 Å². The summed E-state index contributed by atoms with van der Waals surface area (Å²) in [5, 5.41) is 6.12. The third-order valence-corrected chi connectivity index (χ3v) is 5.22. The summed E-state index contributed by atoms with van der Waals surface area (Å²) >= 11 is 0. The van der Waals surface area contributed by atoms with Gasteiger partial charge in [0.05, 0.1) is 6.04 Å². The van der Waals surface area contributed by atoms with Crippen LogP contribution in [-0.2, 0) is 22.1 Å². The summed E-state index contributed by atoms with van der Waals surface area (Å²) in [5.41, 5.74) is -2.09. The summed E-state index contributed by atoms with van der Waals surface area (Å²) in [6, 6.07) is 0.0772. The van der Waals surface area contributed by atoms with Crippen LogP contribution in [0.3, 0.4) is 0 Å². The van der Waals surface area contributed by atoms with E-state index in [0.717, 1.165) is 16.9 Å². The van der Waals surface area contributed by atoms with Gasteiger partial charge in [-0.2, -0.15) is 18.3 Å². The van der Waals surface area contributed by atoms with Crippen LogP contribution >= 0.6 is 0 Å². The van der Waals surface area contributed by atoms with E-state index in [1.54, 1.807) is 20.8 Å². The van der Waals surface area contributed by atoms with Gasteiger partial charge in [-0.05, 0) is 44.9 Å². The highest BCUT2D eigenvalue weighted by atomic mass is 19.4. The smallest absolute Gasteiger partial charge is 0.433 e. The number of carbonyl (C=O) groups excluding carboxylic acids is 2. The number of hydrogen-bond donors (Lipinski definition) is 1. The van der Waals surface area contributed by atoms with E-state index in [1.807, 2.05) is 0 Å². The van der Waals surface area contributed by atoms with E-state index in [9.17, 15) is 35.9 Å². The predicted octanol–water partition coefficient (Wildman–Crippen LogP) is 4.23. The minimum Gasteiger partial charge on any atom is -0.444 e. The van der Waals surface area contributed by atoms with Crippen LogP contribution in [0.2, 0.25) is 0 Å². The first-order valence-corrected chi connectivity index (χ1v) is 10.7. The van der Waals surface area contributed by atoms with Crippen molar-refractivity contribution in [3.63, 3.8) is 0 Å². The molecule has 2 aromatic rings. The van der Waals surface area contributed by atoms with Crippen molar-refractivity contribution >= 4 is 12.0 Å². The number of ether oxygens (including phenoxy) is 1. The summed E-state index contributed by atoms with van der Waals surface area (Å²) in [4.78, 5) is 26.2. The molecule has 1 aliphatic heterocycles. The van der Waals surface area contributed by atoms with Crippen molar-refractivity contribution in [1.82, 2.24) is 20.0 Å². The Morgan fingerprint density at radius 2 is 1.74 bits per heavy atom. The molecule has 1 aromatic carbocycles. The van der Waals surface area contributed by atoms with Gasteiger partial charge in [-0.15, -0.1) is 0 Å². The molecular formula is C22H24F6N4O3. The van der Waals surface area contributed by atoms with Gasteiger partial charge >= 0.3 is 12.3 Å². The zero-order chi connectivity index (χ0) is 26.1. The highest BCUT2D eigenvalue weighted by molar-refractivity contribution is 5.79. The van der Waals surface area contributed by atoms with Crippen molar-refractivity contribution in [3.8, 4) is 0 Å². The van der Waals surface area contributed by atoms with Crippen LogP contribution in [0.4, 0.5) is 31.1 Å². The SMILES string of the molecule is CC(C)(C)OC(=O)NC(CC(=O)N1CC(n2nccc2C(F)(F)F)C1)Cc1cc(F)c(F)cc1F. The van der Waals surface area contributed by atoms with Crippen molar-refractivity contribution in [1.29, 1.82) is 0 Å². The maximum absolute atomic E-state index is 14.2. The normalized spacial score (nSPS) is 15.5. The molecule has 2 heterocycles. The molecule has 1 N–H and O–H groups in total. The Morgan fingerprint density at radius 1 is 1.11 bits per heavy atom. The molecule has 7 nitrogen and oxygen atoms in total. The lowest BCUT2D eigenvalue weighted by molar-refractivity contribution is -0.148. The zero-order valence-corrected chi connectivity index (χ0v) is 19.1. The second-order valence-corrected chi connectivity index (χ2v) is 9.22. The fourth-order valence-electron chi connectivity index (χ4n) is 3.62. The molecule has 1 fully saturated rings. The molecule has 1 aromatic heterocycles. The fourth-order valence-corrected chi connectivity index (χ4v) is 3.62. The molecule has 1 saturated heterocycles. The maximum atomic E-state index is 14.2. The Kier molecular flexibility index (Phi) is 7.37. The standard InChI is InChI=1S/C22H24F6N4O3/c1-21(2,3)35-20(34)30-13(6-12-7-16(24)17(25)9-15(12)23)8-19(33)31-10-14(11-31)32-18(4-5-29-32)22(26,27)28/h4-5,7,9,13-14H,6,8,10-11H2,1-3H3,(H,30,34). The second-order valence-electron chi connectivity index (χ2n) is 9.22. The number of hydrogen-bond acceptors (Lipinski definition) is 4. The summed E-state index contributed by atoms with van der Waals surface area (Å²) in [7, 11) is 0. The summed E-state index contributed by atoms with van der Waals surface area (Å²) in [6.45, 7) is 4.70. The second kappa shape index (κ2) is 9.78. The molecular weight excluding hydrogens is 482 g/mol. The highest BCUT2D eigenvalue weighted by Crippen LogP contribution is 2.33. The molecule has 0 aliphatic carbocycles. The van der Waals surface area contributed by atoms with Crippen LogP contribution in [0.15, 0.2) is 24.4 Å². The van der Waals surface area contributed by atoms with Crippen molar-refractivity contribution < 1.29 is 40.7 Å².